The van der Waals surface area contributed by atoms with Crippen molar-refractivity contribution in [1.29, 1.82) is 0 Å². The maximum absolute atomic E-state index is 13.1. The number of anilines is 1. The van der Waals surface area contributed by atoms with Crippen LogP contribution in [0.15, 0.2) is 35.1 Å². The number of nitrogens with zero attached hydrogens (tertiary/aromatic N) is 1. The molecule has 0 atom stereocenters. The summed E-state index contributed by atoms with van der Waals surface area (Å²) in [7, 11) is 1.62. The maximum Gasteiger partial charge on any atom is 0.255 e. The van der Waals surface area contributed by atoms with Crippen LogP contribution >= 0.6 is 0 Å². The van der Waals surface area contributed by atoms with E-state index < -0.39 is 5.82 Å². The molecule has 0 saturated carbocycles. The third kappa shape index (κ3) is 3.31. The Morgan fingerprint density at radius 3 is 3.05 bits per heavy atom. The van der Waals surface area contributed by atoms with Crippen molar-refractivity contribution in [2.45, 2.75) is 6.42 Å². The van der Waals surface area contributed by atoms with Gasteiger partial charge >= 0.3 is 0 Å². The lowest BCUT2D eigenvalue weighted by Crippen LogP contribution is -2.26. The number of rotatable bonds is 5. The zero-order valence-corrected chi connectivity index (χ0v) is 10.4. The quantitative estimate of drug-likeness (QED) is 0.863. The van der Waals surface area contributed by atoms with Gasteiger partial charge < -0.3 is 15.1 Å². The van der Waals surface area contributed by atoms with E-state index in [2.05, 4.69) is 15.6 Å². The summed E-state index contributed by atoms with van der Waals surface area (Å²) in [6.45, 7) is 0.409. The van der Waals surface area contributed by atoms with Gasteiger partial charge in [0.25, 0.3) is 5.91 Å². The molecule has 0 aliphatic heterocycles. The smallest absolute Gasteiger partial charge is 0.255 e. The highest BCUT2D eigenvalue weighted by atomic mass is 19.1. The molecule has 100 valence electrons. The molecule has 2 N–H and O–H groups in total. The summed E-state index contributed by atoms with van der Waals surface area (Å²) in [5.74, 6) is 0.210. The van der Waals surface area contributed by atoms with Gasteiger partial charge in [0.05, 0.1) is 18.0 Å². The fourth-order valence-electron chi connectivity index (χ4n) is 1.66. The highest BCUT2D eigenvalue weighted by Crippen LogP contribution is 2.12. The highest BCUT2D eigenvalue weighted by Gasteiger charge is 2.12. The van der Waals surface area contributed by atoms with Crippen LogP contribution in [0.1, 0.15) is 16.1 Å². The Morgan fingerprint density at radius 1 is 1.53 bits per heavy atom. The molecule has 0 saturated heterocycles. The molecule has 5 nitrogen and oxygen atoms in total. The number of nitrogens with one attached hydrogen (secondary N) is 2. The third-order valence-electron chi connectivity index (χ3n) is 2.57. The maximum atomic E-state index is 13.1. The zero-order valence-electron chi connectivity index (χ0n) is 10.4. The number of halogens is 1. The fraction of sp³-hybridized carbons (Fsp3) is 0.231. The average Bonchev–Trinajstić information content (AvgIpc) is 2.91. The van der Waals surface area contributed by atoms with Gasteiger partial charge in [0.1, 0.15) is 17.4 Å². The summed E-state index contributed by atoms with van der Waals surface area (Å²) in [6.07, 6.45) is 3.22. The molecule has 2 heterocycles. The lowest BCUT2D eigenvalue weighted by Gasteiger charge is -2.08. The first-order chi connectivity index (χ1) is 9.20. The second-order valence-corrected chi connectivity index (χ2v) is 3.88. The minimum Gasteiger partial charge on any atom is -0.469 e. The van der Waals surface area contributed by atoms with E-state index in [1.165, 1.54) is 0 Å². The van der Waals surface area contributed by atoms with Gasteiger partial charge in [-0.3, -0.25) is 4.79 Å². The molecule has 0 aliphatic carbocycles. The molecule has 0 fully saturated rings. The van der Waals surface area contributed by atoms with E-state index in [0.717, 1.165) is 18.0 Å². The van der Waals surface area contributed by atoms with Crippen LogP contribution in [-0.4, -0.2) is 24.5 Å². The second kappa shape index (κ2) is 5.99. The van der Waals surface area contributed by atoms with Gasteiger partial charge in [-0.05, 0) is 18.2 Å². The number of carbonyl (C=O) groups is 1. The van der Waals surface area contributed by atoms with Crippen LogP contribution in [0, 0.1) is 5.82 Å². The normalized spacial score (nSPS) is 10.2. The van der Waals surface area contributed by atoms with E-state index in [1.807, 2.05) is 6.07 Å². The van der Waals surface area contributed by atoms with E-state index in [0.29, 0.717) is 18.8 Å². The van der Waals surface area contributed by atoms with Crippen LogP contribution in [0.5, 0.6) is 0 Å². The molecule has 1 amide bonds. The van der Waals surface area contributed by atoms with Crippen molar-refractivity contribution >= 4 is 11.7 Å². The summed E-state index contributed by atoms with van der Waals surface area (Å²) in [4.78, 5) is 15.7. The van der Waals surface area contributed by atoms with Crippen LogP contribution in [0.3, 0.4) is 0 Å². The van der Waals surface area contributed by atoms with Crippen molar-refractivity contribution < 1.29 is 13.6 Å². The Hall–Kier alpha value is -2.37. The first-order valence-electron chi connectivity index (χ1n) is 5.84. The van der Waals surface area contributed by atoms with E-state index in [9.17, 15) is 9.18 Å². The number of pyridine rings is 1. The van der Waals surface area contributed by atoms with Crippen molar-refractivity contribution in [2.75, 3.05) is 18.9 Å². The number of furan rings is 1. The van der Waals surface area contributed by atoms with Gasteiger partial charge in [-0.25, -0.2) is 9.37 Å². The minimum absolute atomic E-state index is 0.182. The van der Waals surface area contributed by atoms with Gasteiger partial charge in [-0.2, -0.15) is 0 Å². The van der Waals surface area contributed by atoms with Crippen molar-refractivity contribution in [1.82, 2.24) is 10.3 Å². The standard InChI is InChI=1S/C13H14FN3O2/c1-15-12-11(7-9(14)8-17-12)13(18)16-5-4-10-3-2-6-19-10/h2-3,6-8H,4-5H2,1H3,(H,15,17)(H,16,18). The Labute approximate surface area is 109 Å². The van der Waals surface area contributed by atoms with Gasteiger partial charge in [0, 0.05) is 20.0 Å². The van der Waals surface area contributed by atoms with Crippen LogP contribution < -0.4 is 10.6 Å². The van der Waals surface area contributed by atoms with Crippen LogP contribution in [0.25, 0.3) is 0 Å². The molecular weight excluding hydrogens is 249 g/mol. The SMILES string of the molecule is CNc1ncc(F)cc1C(=O)NCCc1ccco1. The average molecular weight is 263 g/mol. The van der Waals surface area contributed by atoms with E-state index in [4.69, 9.17) is 4.42 Å². The van der Waals surface area contributed by atoms with Gasteiger partial charge in [-0.1, -0.05) is 0 Å². The Kier molecular flexibility index (Phi) is 4.12. The number of hydrogen-bond acceptors (Lipinski definition) is 4. The third-order valence-corrected chi connectivity index (χ3v) is 2.57. The van der Waals surface area contributed by atoms with Crippen LogP contribution in [-0.2, 0) is 6.42 Å². The number of aromatic nitrogens is 1. The number of amides is 1. The van der Waals surface area contributed by atoms with Crippen LogP contribution in [0.2, 0.25) is 0 Å². The molecule has 19 heavy (non-hydrogen) atoms. The Morgan fingerprint density at radius 2 is 2.37 bits per heavy atom. The molecule has 2 aromatic rings. The van der Waals surface area contributed by atoms with E-state index in [-0.39, 0.29) is 11.5 Å². The zero-order chi connectivity index (χ0) is 13.7. The van der Waals surface area contributed by atoms with Gasteiger partial charge in [-0.15, -0.1) is 0 Å². The summed E-state index contributed by atoms with van der Waals surface area (Å²) in [5.41, 5.74) is 0.182. The lowest BCUT2D eigenvalue weighted by molar-refractivity contribution is 0.0953. The molecule has 0 spiro atoms. The molecular formula is C13H14FN3O2. The number of carbonyl (C=O) groups excluding carboxylic acids is 1. The summed E-state index contributed by atoms with van der Waals surface area (Å²) >= 11 is 0. The van der Waals surface area contributed by atoms with E-state index >= 15 is 0 Å². The predicted octanol–water partition coefficient (Wildman–Crippen LogP) is 1.83. The lowest BCUT2D eigenvalue weighted by atomic mass is 10.2. The Balaban J connectivity index is 1.97. The fourth-order valence-corrected chi connectivity index (χ4v) is 1.66. The summed E-state index contributed by atoms with van der Waals surface area (Å²) in [5, 5.41) is 5.44. The van der Waals surface area contributed by atoms with Crippen molar-refractivity contribution in [3.05, 3.63) is 47.8 Å². The largest absolute Gasteiger partial charge is 0.469 e. The molecule has 0 bridgehead atoms. The molecule has 2 aromatic heterocycles. The Bertz CT molecular complexity index is 555. The summed E-state index contributed by atoms with van der Waals surface area (Å²) in [6, 6.07) is 4.77. The number of hydrogen-bond donors (Lipinski definition) is 2. The van der Waals surface area contributed by atoms with Gasteiger partial charge in [0.2, 0.25) is 0 Å². The highest BCUT2D eigenvalue weighted by molar-refractivity contribution is 5.98. The van der Waals surface area contributed by atoms with E-state index in [1.54, 1.807) is 19.4 Å². The first-order valence-corrected chi connectivity index (χ1v) is 5.84. The monoisotopic (exact) mass is 263 g/mol. The molecule has 0 radical (unpaired) electrons. The predicted molar refractivity (Wildman–Crippen MR) is 68.5 cm³/mol. The molecule has 0 aliphatic rings. The van der Waals surface area contributed by atoms with Crippen LogP contribution in [0.4, 0.5) is 10.2 Å². The van der Waals surface area contributed by atoms with Crippen molar-refractivity contribution in [2.24, 2.45) is 0 Å². The second-order valence-electron chi connectivity index (χ2n) is 3.88. The van der Waals surface area contributed by atoms with Crippen molar-refractivity contribution in [3.63, 3.8) is 0 Å². The topological polar surface area (TPSA) is 67.2 Å². The van der Waals surface area contributed by atoms with Crippen molar-refractivity contribution in [3.8, 4) is 0 Å². The summed E-state index contributed by atoms with van der Waals surface area (Å²) < 4.78 is 18.3. The molecule has 0 unspecified atom stereocenters. The van der Waals surface area contributed by atoms with Gasteiger partial charge in [0.15, 0.2) is 0 Å². The molecule has 2 rings (SSSR count). The minimum atomic E-state index is -0.546. The molecule has 0 aromatic carbocycles. The molecule has 6 heteroatoms. The first kappa shape index (κ1) is 13.1.